The zero-order valence-electron chi connectivity index (χ0n) is 19.7. The van der Waals surface area contributed by atoms with E-state index in [1.54, 1.807) is 46.4 Å². The van der Waals surface area contributed by atoms with Gasteiger partial charge in [0, 0.05) is 30.3 Å². The highest BCUT2D eigenvalue weighted by molar-refractivity contribution is 6.31. The fraction of sp³-hybridized carbons (Fsp3) is 0.333. The third-order valence-electron chi connectivity index (χ3n) is 6.22. The largest absolute Gasteiger partial charge is 0.467 e. The Labute approximate surface area is 214 Å². The highest BCUT2D eigenvalue weighted by atomic mass is 35.5. The van der Waals surface area contributed by atoms with Crippen LogP contribution in [-0.2, 0) is 22.6 Å². The third-order valence-corrected chi connectivity index (χ3v) is 6.46. The normalized spacial score (nSPS) is 16.2. The topological polar surface area (TPSA) is 81.5 Å². The van der Waals surface area contributed by atoms with Crippen molar-refractivity contribution in [1.29, 1.82) is 0 Å². The van der Waals surface area contributed by atoms with Crippen molar-refractivity contribution in [1.82, 2.24) is 9.80 Å². The van der Waals surface area contributed by atoms with Crippen molar-refractivity contribution in [2.45, 2.75) is 32.0 Å². The van der Waals surface area contributed by atoms with Gasteiger partial charge in [-0.05, 0) is 60.9 Å². The molecule has 2 amide bonds. The van der Waals surface area contributed by atoms with E-state index in [0.29, 0.717) is 47.5 Å². The molecule has 9 heteroatoms. The molecule has 0 radical (unpaired) electrons. The maximum Gasteiger partial charge on any atom is 0.254 e. The van der Waals surface area contributed by atoms with Crippen molar-refractivity contribution in [3.05, 3.63) is 82.8 Å². The first-order chi connectivity index (χ1) is 17.5. The molecular formula is C27H27ClN2O6. The minimum Gasteiger partial charge on any atom is -0.467 e. The highest BCUT2D eigenvalue weighted by Crippen LogP contribution is 2.33. The summed E-state index contributed by atoms with van der Waals surface area (Å²) in [4.78, 5) is 30.3. The lowest BCUT2D eigenvalue weighted by Gasteiger charge is -2.29. The van der Waals surface area contributed by atoms with Crippen LogP contribution in [0.2, 0.25) is 5.02 Å². The number of furan rings is 1. The van der Waals surface area contributed by atoms with E-state index in [1.165, 1.54) is 0 Å². The van der Waals surface area contributed by atoms with Crippen LogP contribution in [0.3, 0.4) is 0 Å². The maximum atomic E-state index is 13.7. The summed E-state index contributed by atoms with van der Waals surface area (Å²) in [7, 11) is 0. The van der Waals surface area contributed by atoms with Crippen LogP contribution in [0.25, 0.3) is 0 Å². The molecule has 3 aromatic rings. The Kier molecular flexibility index (Phi) is 7.44. The van der Waals surface area contributed by atoms with Crippen molar-refractivity contribution >= 4 is 23.4 Å². The van der Waals surface area contributed by atoms with Crippen LogP contribution in [-0.4, -0.2) is 54.2 Å². The summed E-state index contributed by atoms with van der Waals surface area (Å²) in [5, 5.41) is 0.464. The first-order valence-corrected chi connectivity index (χ1v) is 12.3. The zero-order chi connectivity index (χ0) is 24.9. The number of benzene rings is 2. The van der Waals surface area contributed by atoms with Gasteiger partial charge in [0.1, 0.15) is 12.3 Å². The molecule has 2 aliphatic rings. The smallest absolute Gasteiger partial charge is 0.254 e. The van der Waals surface area contributed by atoms with E-state index in [2.05, 4.69) is 0 Å². The number of fused-ring (bicyclic) bond motifs is 1. The molecule has 8 nitrogen and oxygen atoms in total. The summed E-state index contributed by atoms with van der Waals surface area (Å²) in [5.74, 6) is 1.50. The van der Waals surface area contributed by atoms with Crippen molar-refractivity contribution in [2.24, 2.45) is 0 Å². The number of carbonyl (C=O) groups excluding carboxylic acids is 2. The monoisotopic (exact) mass is 510 g/mol. The molecule has 1 aromatic heterocycles. The van der Waals surface area contributed by atoms with Gasteiger partial charge in [-0.3, -0.25) is 9.59 Å². The van der Waals surface area contributed by atoms with Gasteiger partial charge in [-0.1, -0.05) is 23.7 Å². The van der Waals surface area contributed by atoms with Crippen LogP contribution in [0, 0.1) is 0 Å². The lowest BCUT2D eigenvalue weighted by atomic mass is 10.1. The first kappa shape index (κ1) is 24.2. The molecule has 0 bridgehead atoms. The van der Waals surface area contributed by atoms with E-state index in [-0.39, 0.29) is 37.8 Å². The summed E-state index contributed by atoms with van der Waals surface area (Å²) in [5.41, 5.74) is 1.31. The highest BCUT2D eigenvalue weighted by Gasteiger charge is 2.28. The Bertz CT molecular complexity index is 1210. The lowest BCUT2D eigenvalue weighted by Crippen LogP contribution is -2.45. The average molecular weight is 511 g/mol. The second-order valence-electron chi connectivity index (χ2n) is 8.85. The number of amides is 2. The van der Waals surface area contributed by atoms with Gasteiger partial charge in [-0.25, -0.2) is 0 Å². The number of rotatable bonds is 9. The minimum absolute atomic E-state index is 0.101. The molecule has 0 N–H and O–H groups in total. The second-order valence-corrected chi connectivity index (χ2v) is 9.28. The Balaban J connectivity index is 1.37. The molecule has 1 unspecified atom stereocenters. The summed E-state index contributed by atoms with van der Waals surface area (Å²) < 4.78 is 22.2. The van der Waals surface area contributed by atoms with E-state index in [9.17, 15) is 9.59 Å². The van der Waals surface area contributed by atoms with Gasteiger partial charge in [-0.15, -0.1) is 0 Å². The predicted octanol–water partition coefficient (Wildman–Crippen LogP) is 4.51. The van der Waals surface area contributed by atoms with Crippen LogP contribution in [0.1, 0.15) is 34.5 Å². The number of halogens is 1. The van der Waals surface area contributed by atoms with Gasteiger partial charge in [-0.2, -0.15) is 0 Å². The van der Waals surface area contributed by atoms with Crippen LogP contribution in [0.5, 0.6) is 11.5 Å². The van der Waals surface area contributed by atoms with Crippen LogP contribution >= 0.6 is 11.6 Å². The van der Waals surface area contributed by atoms with Gasteiger partial charge in [0.15, 0.2) is 11.5 Å². The second kappa shape index (κ2) is 11.1. The molecule has 5 rings (SSSR count). The van der Waals surface area contributed by atoms with Crippen molar-refractivity contribution < 1.29 is 28.2 Å². The Morgan fingerprint density at radius 2 is 1.86 bits per heavy atom. The number of ether oxygens (including phenoxy) is 3. The molecule has 1 saturated heterocycles. The fourth-order valence-corrected chi connectivity index (χ4v) is 4.59. The molecule has 1 fully saturated rings. The standard InChI is InChI=1S/C27H27ClN2O6/c28-21-5-1-4-20(13-21)27(32)30(16-23-7-3-11-34-23)17-26(31)29(15-22-6-2-10-33-22)14-19-8-9-24-25(12-19)36-18-35-24/h1-2,4-6,8-10,12-13,23H,3,7,11,14-18H2. The van der Waals surface area contributed by atoms with E-state index in [4.69, 9.17) is 30.2 Å². The van der Waals surface area contributed by atoms with Gasteiger partial charge < -0.3 is 28.4 Å². The summed E-state index contributed by atoms with van der Waals surface area (Å²) in [6.45, 7) is 1.64. The van der Waals surface area contributed by atoms with E-state index >= 15 is 0 Å². The number of carbonyl (C=O) groups is 2. The minimum atomic E-state index is -0.262. The van der Waals surface area contributed by atoms with Crippen molar-refractivity contribution in [3.63, 3.8) is 0 Å². The molecule has 2 aromatic carbocycles. The van der Waals surface area contributed by atoms with Gasteiger partial charge in [0.05, 0.1) is 18.9 Å². The molecule has 3 heterocycles. The molecular weight excluding hydrogens is 484 g/mol. The van der Waals surface area contributed by atoms with E-state index in [0.717, 1.165) is 18.4 Å². The Morgan fingerprint density at radius 3 is 2.64 bits per heavy atom. The number of nitrogens with zero attached hydrogens (tertiary/aromatic N) is 2. The van der Waals surface area contributed by atoms with Crippen LogP contribution in [0.4, 0.5) is 0 Å². The first-order valence-electron chi connectivity index (χ1n) is 11.9. The summed E-state index contributed by atoms with van der Waals surface area (Å²) in [6.07, 6.45) is 3.26. The Hall–Kier alpha value is -3.49. The molecule has 36 heavy (non-hydrogen) atoms. The quantitative estimate of drug-likeness (QED) is 0.421. The number of hydrogen-bond donors (Lipinski definition) is 0. The molecule has 0 saturated carbocycles. The third kappa shape index (κ3) is 5.83. The molecule has 1 atom stereocenters. The van der Waals surface area contributed by atoms with Gasteiger partial charge in [0.2, 0.25) is 12.7 Å². The predicted molar refractivity (Wildman–Crippen MR) is 132 cm³/mol. The van der Waals surface area contributed by atoms with Crippen molar-refractivity contribution in [3.8, 4) is 11.5 Å². The SMILES string of the molecule is O=C(CN(CC1CCCO1)C(=O)c1cccc(Cl)c1)N(Cc1ccc2c(c1)OCO2)Cc1ccco1. The molecule has 188 valence electrons. The molecule has 2 aliphatic heterocycles. The fourth-order valence-electron chi connectivity index (χ4n) is 4.40. The summed E-state index contributed by atoms with van der Waals surface area (Å²) >= 11 is 6.13. The molecule has 0 aliphatic carbocycles. The van der Waals surface area contributed by atoms with Gasteiger partial charge >= 0.3 is 0 Å². The van der Waals surface area contributed by atoms with Gasteiger partial charge in [0.25, 0.3) is 5.91 Å². The number of hydrogen-bond acceptors (Lipinski definition) is 6. The van der Waals surface area contributed by atoms with Crippen molar-refractivity contribution in [2.75, 3.05) is 26.5 Å². The van der Waals surface area contributed by atoms with Crippen LogP contribution in [0.15, 0.2) is 65.3 Å². The zero-order valence-corrected chi connectivity index (χ0v) is 20.5. The van der Waals surface area contributed by atoms with Crippen LogP contribution < -0.4 is 9.47 Å². The summed E-state index contributed by atoms with van der Waals surface area (Å²) in [6, 6.07) is 16.0. The van der Waals surface area contributed by atoms with E-state index in [1.807, 2.05) is 24.3 Å². The maximum absolute atomic E-state index is 13.7. The Morgan fingerprint density at radius 1 is 0.972 bits per heavy atom. The lowest BCUT2D eigenvalue weighted by molar-refractivity contribution is -0.133. The average Bonchev–Trinajstić information content (AvgIpc) is 3.66. The molecule has 0 spiro atoms. The van der Waals surface area contributed by atoms with E-state index < -0.39 is 0 Å².